The molecule has 0 aliphatic carbocycles. The van der Waals surface area contributed by atoms with Gasteiger partial charge in [-0.25, -0.2) is 0 Å². The smallest absolute Gasteiger partial charge is 0.358 e. The molecule has 134 valence electrons. The zero-order valence-electron chi connectivity index (χ0n) is 17.9. The molecule has 0 amide bonds. The van der Waals surface area contributed by atoms with Gasteiger partial charge in [0.25, 0.3) is 0 Å². The molecule has 0 aliphatic rings. The fourth-order valence-electron chi connectivity index (χ4n) is 2.27. The molecule has 0 saturated heterocycles. The van der Waals surface area contributed by atoms with Crippen molar-refractivity contribution in [2.24, 2.45) is 0 Å². The van der Waals surface area contributed by atoms with Crippen LogP contribution in [0, 0.1) is 69.4 Å². The standard InChI is InChI=1S/2C9H13.C3H9Si.CH3.Ti/c2*1-6-5-7(2)9(4)8(6)3;1-4(2)3;;/h2*5H,1-4H3;4H,1H2,2-3H3;1H3;/q4*-1;+4. The predicted molar refractivity (Wildman–Crippen MR) is 113 cm³/mol. The maximum absolute atomic E-state index is 3.78. The summed E-state index contributed by atoms with van der Waals surface area (Å²) >= 11 is 0. The van der Waals surface area contributed by atoms with Crippen LogP contribution in [0.5, 0.6) is 0 Å². The molecule has 2 aromatic carbocycles. The minimum Gasteiger partial charge on any atom is -0.358 e. The van der Waals surface area contributed by atoms with E-state index in [1.54, 1.807) is 0 Å². The summed E-state index contributed by atoms with van der Waals surface area (Å²) in [6.07, 6.45) is 0. The number of hydrogen-bond donors (Lipinski definition) is 0. The Morgan fingerprint density at radius 1 is 0.583 bits per heavy atom. The Balaban J connectivity index is -0.000000283. The van der Waals surface area contributed by atoms with Crippen molar-refractivity contribution in [2.75, 3.05) is 0 Å². The van der Waals surface area contributed by atoms with Crippen molar-refractivity contribution in [3.05, 3.63) is 70.6 Å². The summed E-state index contributed by atoms with van der Waals surface area (Å²) in [4.78, 5) is 0. The van der Waals surface area contributed by atoms with Crippen LogP contribution >= 0.6 is 0 Å². The molecule has 0 heterocycles. The third kappa shape index (κ3) is 9.20. The Labute approximate surface area is 169 Å². The van der Waals surface area contributed by atoms with Crippen molar-refractivity contribution in [1.29, 1.82) is 0 Å². The second-order valence-corrected chi connectivity index (χ2v) is 9.70. The first-order valence-electron chi connectivity index (χ1n) is 8.22. The molecule has 0 nitrogen and oxygen atoms in total. The van der Waals surface area contributed by atoms with Crippen LogP contribution in [0.25, 0.3) is 0 Å². The van der Waals surface area contributed by atoms with Crippen molar-refractivity contribution in [3.63, 3.8) is 0 Å². The minimum absolute atomic E-state index is 0. The largest absolute Gasteiger partial charge is 4.00 e. The van der Waals surface area contributed by atoms with E-state index in [-0.39, 0.29) is 37.9 Å². The summed E-state index contributed by atoms with van der Waals surface area (Å²) in [6, 6.07) is 4.48. The normalized spacial score (nSPS) is 9.17. The zero-order valence-corrected chi connectivity index (χ0v) is 20.7. The van der Waals surface area contributed by atoms with Gasteiger partial charge in [0, 0.05) is 0 Å². The van der Waals surface area contributed by atoms with Crippen LogP contribution in [0.1, 0.15) is 44.5 Å². The summed E-state index contributed by atoms with van der Waals surface area (Å²) in [5, 5.41) is 0. The second-order valence-electron chi connectivity index (χ2n) is 6.91. The molecule has 0 aromatic heterocycles. The fourth-order valence-corrected chi connectivity index (χ4v) is 2.27. The van der Waals surface area contributed by atoms with Crippen LogP contribution in [0.3, 0.4) is 0 Å². The molecule has 0 aliphatic heterocycles. The van der Waals surface area contributed by atoms with Crippen LogP contribution in [0.4, 0.5) is 0 Å². The zero-order chi connectivity index (χ0) is 17.6. The Hall–Kier alpha value is -0.369. The van der Waals surface area contributed by atoms with Crippen molar-refractivity contribution in [3.8, 4) is 0 Å². The molecule has 0 bridgehead atoms. The van der Waals surface area contributed by atoms with E-state index in [0.29, 0.717) is 0 Å². The summed E-state index contributed by atoms with van der Waals surface area (Å²) < 4.78 is 0. The quantitative estimate of drug-likeness (QED) is 0.359. The van der Waals surface area contributed by atoms with Gasteiger partial charge in [0.15, 0.2) is 0 Å². The van der Waals surface area contributed by atoms with E-state index < -0.39 is 0 Å². The van der Waals surface area contributed by atoms with E-state index in [2.05, 4.69) is 87.2 Å². The first-order chi connectivity index (χ1) is 9.98. The average molecular weight is 378 g/mol. The monoisotopic (exact) mass is 378 g/mol. The van der Waals surface area contributed by atoms with E-state index in [0.717, 1.165) is 0 Å². The topological polar surface area (TPSA) is 0 Å². The van der Waals surface area contributed by atoms with Crippen molar-refractivity contribution in [1.82, 2.24) is 0 Å². The molecular formula is C22H38SiTi. The fraction of sp³-hybridized carbons (Fsp3) is 0.455. The van der Waals surface area contributed by atoms with Gasteiger partial charge in [0.05, 0.1) is 0 Å². The molecule has 2 heteroatoms. The van der Waals surface area contributed by atoms with Gasteiger partial charge in [-0.3, -0.25) is 0 Å². The van der Waals surface area contributed by atoms with Gasteiger partial charge in [-0.2, -0.15) is 56.6 Å². The molecule has 0 spiro atoms. The average Bonchev–Trinajstić information content (AvgIpc) is 2.75. The van der Waals surface area contributed by atoms with Gasteiger partial charge in [-0.05, 0) is 0 Å². The summed E-state index contributed by atoms with van der Waals surface area (Å²) in [5.74, 6) is 0. The third-order valence-electron chi connectivity index (χ3n) is 4.36. The minimum atomic E-state index is -0.389. The van der Waals surface area contributed by atoms with E-state index in [1.165, 1.54) is 44.5 Å². The van der Waals surface area contributed by atoms with Gasteiger partial charge in [-0.1, -0.05) is 68.5 Å². The number of rotatable bonds is 0. The van der Waals surface area contributed by atoms with E-state index in [9.17, 15) is 0 Å². The first-order valence-corrected chi connectivity index (χ1v) is 11.3. The Morgan fingerprint density at radius 3 is 0.750 bits per heavy atom. The van der Waals surface area contributed by atoms with Crippen LogP contribution in [0.2, 0.25) is 13.1 Å². The van der Waals surface area contributed by atoms with Crippen LogP contribution in [-0.2, 0) is 21.7 Å². The van der Waals surface area contributed by atoms with Crippen LogP contribution in [-0.4, -0.2) is 8.80 Å². The molecular weight excluding hydrogens is 340 g/mol. The molecule has 0 unspecified atom stereocenters. The maximum Gasteiger partial charge on any atom is 4.00 e. The molecule has 24 heavy (non-hydrogen) atoms. The summed E-state index contributed by atoms with van der Waals surface area (Å²) in [6.45, 7) is 25.5. The van der Waals surface area contributed by atoms with Gasteiger partial charge in [-0.15, -0.1) is 8.80 Å². The number of hydrogen-bond acceptors (Lipinski definition) is 0. The molecule has 0 fully saturated rings. The molecule has 2 aromatic rings. The van der Waals surface area contributed by atoms with Crippen molar-refractivity contribution >= 4 is 8.80 Å². The van der Waals surface area contributed by atoms with E-state index >= 15 is 0 Å². The molecule has 2 rings (SSSR count). The molecule has 0 saturated carbocycles. The van der Waals surface area contributed by atoms with Crippen LogP contribution < -0.4 is 0 Å². The Morgan fingerprint density at radius 2 is 0.708 bits per heavy atom. The van der Waals surface area contributed by atoms with Gasteiger partial charge >= 0.3 is 21.7 Å². The van der Waals surface area contributed by atoms with E-state index in [4.69, 9.17) is 0 Å². The van der Waals surface area contributed by atoms with Gasteiger partial charge in [0.1, 0.15) is 0 Å². The third-order valence-corrected chi connectivity index (χ3v) is 4.36. The van der Waals surface area contributed by atoms with Gasteiger partial charge in [0.2, 0.25) is 0 Å². The van der Waals surface area contributed by atoms with Gasteiger partial charge < -0.3 is 14.0 Å². The maximum atomic E-state index is 3.78. The van der Waals surface area contributed by atoms with Crippen LogP contribution in [0.15, 0.2) is 12.1 Å². The van der Waals surface area contributed by atoms with Crippen molar-refractivity contribution < 1.29 is 21.7 Å². The Bertz CT molecular complexity index is 488. The summed E-state index contributed by atoms with van der Waals surface area (Å²) in [7, 11) is -0.389. The second kappa shape index (κ2) is 12.9. The van der Waals surface area contributed by atoms with E-state index in [1.807, 2.05) is 0 Å². The summed E-state index contributed by atoms with van der Waals surface area (Å²) in [5.41, 5.74) is 11.5. The number of aryl methyl sites for hydroxylation is 4. The molecule has 0 atom stereocenters. The van der Waals surface area contributed by atoms with Crippen molar-refractivity contribution in [2.45, 2.75) is 68.5 Å². The Kier molecular flexibility index (Phi) is 15.3. The molecule has 0 radical (unpaired) electrons. The molecule has 0 N–H and O–H groups in total. The predicted octanol–water partition coefficient (Wildman–Crippen LogP) is 6.57. The SMILES string of the molecule is Cc1[cH-]c(C)c(C)c1C.Cc1[cH-]c(C)c(C)c1C.[CH2-][SiH](C)C.[CH3-].[Ti+4]. The first kappa shape index (κ1) is 28.4.